The minimum absolute atomic E-state index is 0.164. The molecule has 7 nitrogen and oxygen atoms in total. The van der Waals surface area contributed by atoms with Crippen LogP contribution in [0.15, 0.2) is 36.4 Å². The Morgan fingerprint density at radius 2 is 1.48 bits per heavy atom. The van der Waals surface area contributed by atoms with Gasteiger partial charge in [0.15, 0.2) is 17.5 Å². The largest absolute Gasteiger partial charge is 0.465 e. The lowest BCUT2D eigenvalue weighted by Gasteiger charge is -2.17. The van der Waals surface area contributed by atoms with E-state index < -0.39 is 40.9 Å². The van der Waals surface area contributed by atoms with Gasteiger partial charge in [0.25, 0.3) is 0 Å². The molecular formula is C19H18F3N3O4. The number of anilines is 2. The molecule has 2 aromatic rings. The average Bonchev–Trinajstić information content (AvgIpc) is 2.68. The van der Waals surface area contributed by atoms with Gasteiger partial charge in [0.2, 0.25) is 11.8 Å². The molecule has 2 aromatic carbocycles. The summed E-state index contributed by atoms with van der Waals surface area (Å²) in [6.07, 6.45) is 0. The van der Waals surface area contributed by atoms with Crippen LogP contribution in [0.1, 0.15) is 10.4 Å². The molecule has 154 valence electrons. The Kier molecular flexibility index (Phi) is 7.32. The van der Waals surface area contributed by atoms with E-state index in [4.69, 9.17) is 0 Å². The van der Waals surface area contributed by atoms with Crippen LogP contribution < -0.4 is 10.6 Å². The summed E-state index contributed by atoms with van der Waals surface area (Å²) >= 11 is 0. The standard InChI is InChI=1S/C19H18F3N3O4/c1-25(10-16(27)24-14-8-7-12(20)17(21)18(14)22)9-15(26)23-13-6-4-3-5-11(13)19(28)29-2/h3-8H,9-10H2,1-2H3,(H,23,26)(H,24,27). The summed E-state index contributed by atoms with van der Waals surface area (Å²) < 4.78 is 44.4. The Bertz CT molecular complexity index is 937. The highest BCUT2D eigenvalue weighted by molar-refractivity contribution is 6.02. The van der Waals surface area contributed by atoms with Crippen molar-refractivity contribution in [3.05, 3.63) is 59.4 Å². The van der Waals surface area contributed by atoms with Gasteiger partial charge >= 0.3 is 5.97 Å². The van der Waals surface area contributed by atoms with Crippen LogP contribution in [0, 0.1) is 17.5 Å². The lowest BCUT2D eigenvalue weighted by atomic mass is 10.2. The van der Waals surface area contributed by atoms with Crippen LogP contribution in [-0.2, 0) is 14.3 Å². The van der Waals surface area contributed by atoms with Crippen LogP contribution in [0.4, 0.5) is 24.5 Å². The first kappa shape index (κ1) is 21.9. The average molecular weight is 409 g/mol. The van der Waals surface area contributed by atoms with Gasteiger partial charge in [-0.2, -0.15) is 0 Å². The highest BCUT2D eigenvalue weighted by Gasteiger charge is 2.18. The third-order valence-corrected chi connectivity index (χ3v) is 3.74. The minimum Gasteiger partial charge on any atom is -0.465 e. The molecule has 0 bridgehead atoms. The van der Waals surface area contributed by atoms with Crippen molar-refractivity contribution in [3.8, 4) is 0 Å². The maximum absolute atomic E-state index is 13.6. The number of rotatable bonds is 7. The number of esters is 1. The molecule has 0 aliphatic carbocycles. The summed E-state index contributed by atoms with van der Waals surface area (Å²) in [4.78, 5) is 37.2. The van der Waals surface area contributed by atoms with Crippen molar-refractivity contribution in [1.82, 2.24) is 4.90 Å². The summed E-state index contributed by atoms with van der Waals surface area (Å²) in [5.74, 6) is -6.46. The van der Waals surface area contributed by atoms with Crippen LogP contribution in [0.3, 0.4) is 0 Å². The molecular weight excluding hydrogens is 391 g/mol. The number of hydrogen-bond donors (Lipinski definition) is 2. The fourth-order valence-corrected chi connectivity index (χ4v) is 2.43. The molecule has 0 radical (unpaired) electrons. The zero-order valence-electron chi connectivity index (χ0n) is 15.6. The van der Waals surface area contributed by atoms with E-state index in [0.717, 1.165) is 6.07 Å². The van der Waals surface area contributed by atoms with Crippen molar-refractivity contribution in [1.29, 1.82) is 0 Å². The number of nitrogens with one attached hydrogen (secondary N) is 2. The van der Waals surface area contributed by atoms with Gasteiger partial charge < -0.3 is 15.4 Å². The van der Waals surface area contributed by atoms with Crippen LogP contribution in [0.5, 0.6) is 0 Å². The number of carbonyl (C=O) groups is 3. The first-order valence-electron chi connectivity index (χ1n) is 8.32. The van der Waals surface area contributed by atoms with Crippen LogP contribution in [0.25, 0.3) is 0 Å². The first-order valence-corrected chi connectivity index (χ1v) is 8.32. The second-order valence-corrected chi connectivity index (χ2v) is 6.03. The summed E-state index contributed by atoms with van der Waals surface area (Å²) in [5, 5.41) is 4.65. The Labute approximate surface area is 164 Å². The minimum atomic E-state index is -1.69. The number of benzene rings is 2. The van der Waals surface area contributed by atoms with E-state index >= 15 is 0 Å². The van der Waals surface area contributed by atoms with E-state index in [9.17, 15) is 27.6 Å². The Balaban J connectivity index is 1.93. The quantitative estimate of drug-likeness (QED) is 0.542. The molecule has 2 amide bonds. The van der Waals surface area contributed by atoms with E-state index in [1.54, 1.807) is 12.1 Å². The number of hydrogen-bond acceptors (Lipinski definition) is 5. The molecule has 0 unspecified atom stereocenters. The molecule has 0 aliphatic heterocycles. The highest BCUT2D eigenvalue weighted by atomic mass is 19.2. The van der Waals surface area contributed by atoms with E-state index in [2.05, 4.69) is 15.4 Å². The number of halogens is 3. The van der Waals surface area contributed by atoms with E-state index in [1.165, 1.54) is 31.2 Å². The van der Waals surface area contributed by atoms with Crippen molar-refractivity contribution in [2.24, 2.45) is 0 Å². The fourth-order valence-electron chi connectivity index (χ4n) is 2.43. The van der Waals surface area contributed by atoms with Crippen LogP contribution in [-0.4, -0.2) is 49.9 Å². The molecule has 0 atom stereocenters. The number of carbonyl (C=O) groups excluding carboxylic acids is 3. The zero-order valence-corrected chi connectivity index (χ0v) is 15.6. The van der Waals surface area contributed by atoms with Gasteiger partial charge in [-0.1, -0.05) is 12.1 Å². The van der Waals surface area contributed by atoms with E-state index in [1.807, 2.05) is 0 Å². The van der Waals surface area contributed by atoms with Gasteiger partial charge in [0, 0.05) is 0 Å². The molecule has 0 saturated heterocycles. The number of methoxy groups -OCH3 is 1. The predicted molar refractivity (Wildman–Crippen MR) is 98.9 cm³/mol. The number of amides is 2. The van der Waals surface area contributed by atoms with Crippen LogP contribution in [0.2, 0.25) is 0 Å². The number of para-hydroxylation sites is 1. The van der Waals surface area contributed by atoms with Crippen molar-refractivity contribution in [2.45, 2.75) is 0 Å². The van der Waals surface area contributed by atoms with Gasteiger partial charge in [-0.15, -0.1) is 0 Å². The number of likely N-dealkylation sites (N-methyl/N-ethyl adjacent to an activating group) is 1. The fraction of sp³-hybridized carbons (Fsp3) is 0.211. The topological polar surface area (TPSA) is 87.7 Å². The molecule has 2 rings (SSSR count). The molecule has 29 heavy (non-hydrogen) atoms. The lowest BCUT2D eigenvalue weighted by Crippen LogP contribution is -2.36. The molecule has 10 heteroatoms. The zero-order chi connectivity index (χ0) is 21.6. The normalized spacial score (nSPS) is 10.6. The second-order valence-electron chi connectivity index (χ2n) is 6.03. The summed E-state index contributed by atoms with van der Waals surface area (Å²) in [6.45, 7) is -0.562. The smallest absolute Gasteiger partial charge is 0.339 e. The number of nitrogens with zero attached hydrogens (tertiary/aromatic N) is 1. The van der Waals surface area contributed by atoms with Crippen molar-refractivity contribution < 1.29 is 32.3 Å². The molecule has 0 aromatic heterocycles. The third-order valence-electron chi connectivity index (χ3n) is 3.74. The Morgan fingerprint density at radius 1 is 0.897 bits per heavy atom. The van der Waals surface area contributed by atoms with Crippen molar-refractivity contribution in [3.63, 3.8) is 0 Å². The molecule has 0 aliphatic rings. The maximum atomic E-state index is 13.6. The van der Waals surface area contributed by atoms with Crippen LogP contribution >= 0.6 is 0 Å². The first-order chi connectivity index (χ1) is 13.7. The van der Waals surface area contributed by atoms with E-state index in [0.29, 0.717) is 6.07 Å². The Morgan fingerprint density at radius 3 is 2.10 bits per heavy atom. The van der Waals surface area contributed by atoms with Crippen molar-refractivity contribution in [2.75, 3.05) is 37.9 Å². The van der Waals surface area contributed by atoms with Gasteiger partial charge in [0.1, 0.15) is 0 Å². The highest BCUT2D eigenvalue weighted by Crippen LogP contribution is 2.19. The molecule has 0 heterocycles. The van der Waals surface area contributed by atoms with E-state index in [-0.39, 0.29) is 24.3 Å². The van der Waals surface area contributed by atoms with Gasteiger partial charge in [-0.05, 0) is 31.3 Å². The predicted octanol–water partition coefficient (Wildman–Crippen LogP) is 2.40. The molecule has 0 saturated carbocycles. The summed E-state index contributed by atoms with van der Waals surface area (Å²) in [5.41, 5.74) is -0.109. The Hall–Kier alpha value is -3.40. The van der Waals surface area contributed by atoms with Crippen molar-refractivity contribution >= 4 is 29.2 Å². The lowest BCUT2D eigenvalue weighted by molar-refractivity contribution is -0.119. The van der Waals surface area contributed by atoms with Gasteiger partial charge in [-0.25, -0.2) is 18.0 Å². The SMILES string of the molecule is COC(=O)c1ccccc1NC(=O)CN(C)CC(=O)Nc1ccc(F)c(F)c1F. The van der Waals surface area contributed by atoms with Gasteiger partial charge in [-0.3, -0.25) is 14.5 Å². The molecule has 0 spiro atoms. The third kappa shape index (κ3) is 5.79. The molecule has 2 N–H and O–H groups in total. The maximum Gasteiger partial charge on any atom is 0.339 e. The monoisotopic (exact) mass is 409 g/mol. The molecule has 0 fully saturated rings. The second kappa shape index (κ2) is 9.69. The summed E-state index contributed by atoms with van der Waals surface area (Å²) in [6, 6.07) is 7.80. The number of ether oxygens (including phenoxy) is 1. The van der Waals surface area contributed by atoms with Gasteiger partial charge in [0.05, 0.1) is 37.1 Å². The summed E-state index contributed by atoms with van der Waals surface area (Å²) in [7, 11) is 2.66.